The maximum absolute atomic E-state index is 11.2. The Kier molecular flexibility index (Phi) is 3.88. The number of hydrogen-bond acceptors (Lipinski definition) is 3. The largest absolute Gasteiger partial charge is 0.354 e. The van der Waals surface area contributed by atoms with E-state index in [1.54, 1.807) is 16.1 Å². The molecule has 0 aliphatic rings. The zero-order valence-corrected chi connectivity index (χ0v) is 9.13. The fourth-order valence-electron chi connectivity index (χ4n) is 1.07. The van der Waals surface area contributed by atoms with Gasteiger partial charge in [-0.05, 0) is 13.8 Å². The Balaban J connectivity index is 2.38. The molecule has 0 atom stereocenters. The lowest BCUT2D eigenvalue weighted by Crippen LogP contribution is -2.31. The van der Waals surface area contributed by atoms with Gasteiger partial charge in [-0.1, -0.05) is 11.3 Å². The minimum absolute atomic E-state index is 0.0117. The summed E-state index contributed by atoms with van der Waals surface area (Å²) in [6.07, 6.45) is 2.06. The Morgan fingerprint density at radius 3 is 2.86 bits per heavy atom. The van der Waals surface area contributed by atoms with Gasteiger partial charge in [-0.3, -0.25) is 9.59 Å². The number of hydrogen-bond donors (Lipinski definition) is 1. The fourth-order valence-corrected chi connectivity index (χ4v) is 1.68. The van der Waals surface area contributed by atoms with E-state index in [9.17, 15) is 9.59 Å². The van der Waals surface area contributed by atoms with Crippen molar-refractivity contribution in [1.82, 2.24) is 9.88 Å². The average Bonchev–Trinajstić information content (AvgIpc) is 2.46. The molecule has 0 spiro atoms. The van der Waals surface area contributed by atoms with Crippen LogP contribution in [0.15, 0.2) is 16.4 Å². The summed E-state index contributed by atoms with van der Waals surface area (Å²) >= 11 is 1.15. The van der Waals surface area contributed by atoms with Gasteiger partial charge in [-0.2, -0.15) is 0 Å². The second kappa shape index (κ2) is 4.95. The lowest BCUT2D eigenvalue weighted by molar-refractivity contribution is -0.121. The lowest BCUT2D eigenvalue weighted by atomic mass is 10.3. The summed E-state index contributed by atoms with van der Waals surface area (Å²) in [5.41, 5.74) is 0. The average molecular weight is 214 g/mol. The van der Waals surface area contributed by atoms with Gasteiger partial charge in [0.05, 0.1) is 0 Å². The molecular weight excluding hydrogens is 200 g/mol. The van der Waals surface area contributed by atoms with Crippen molar-refractivity contribution in [2.45, 2.75) is 32.9 Å². The normalized spacial score (nSPS) is 10.5. The van der Waals surface area contributed by atoms with Crippen LogP contribution in [0.2, 0.25) is 0 Å². The summed E-state index contributed by atoms with van der Waals surface area (Å²) in [6, 6.07) is 0.154. The summed E-state index contributed by atoms with van der Waals surface area (Å²) in [4.78, 5) is 22.3. The Morgan fingerprint density at radius 1 is 1.64 bits per heavy atom. The second-order valence-corrected chi connectivity index (χ2v) is 4.19. The van der Waals surface area contributed by atoms with Gasteiger partial charge < -0.3 is 9.88 Å². The molecule has 0 aromatic carbocycles. The molecule has 14 heavy (non-hydrogen) atoms. The van der Waals surface area contributed by atoms with Gasteiger partial charge in [0.2, 0.25) is 5.91 Å². The second-order valence-electron chi connectivity index (χ2n) is 3.33. The van der Waals surface area contributed by atoms with Crippen LogP contribution < -0.4 is 10.2 Å². The van der Waals surface area contributed by atoms with Gasteiger partial charge in [0.15, 0.2) is 0 Å². The first-order valence-corrected chi connectivity index (χ1v) is 5.41. The summed E-state index contributed by atoms with van der Waals surface area (Å²) in [6.45, 7) is 4.28. The van der Waals surface area contributed by atoms with Crippen molar-refractivity contribution in [3.8, 4) is 0 Å². The molecule has 1 heterocycles. The van der Waals surface area contributed by atoms with Crippen LogP contribution in [-0.2, 0) is 11.3 Å². The number of amides is 1. The quantitative estimate of drug-likeness (QED) is 0.807. The maximum Gasteiger partial charge on any atom is 0.307 e. The summed E-state index contributed by atoms with van der Waals surface area (Å²) in [7, 11) is 0. The predicted octanol–water partition coefficient (Wildman–Crippen LogP) is 0.824. The molecule has 0 fully saturated rings. The molecule has 0 saturated carbocycles. The van der Waals surface area contributed by atoms with Gasteiger partial charge in [0, 0.05) is 30.6 Å². The van der Waals surface area contributed by atoms with Crippen molar-refractivity contribution >= 4 is 17.2 Å². The van der Waals surface area contributed by atoms with Gasteiger partial charge >= 0.3 is 4.87 Å². The van der Waals surface area contributed by atoms with Crippen molar-refractivity contribution in [3.63, 3.8) is 0 Å². The van der Waals surface area contributed by atoms with Crippen molar-refractivity contribution < 1.29 is 4.79 Å². The number of nitrogens with one attached hydrogen (secondary N) is 1. The van der Waals surface area contributed by atoms with E-state index >= 15 is 0 Å². The van der Waals surface area contributed by atoms with Crippen LogP contribution in [0.3, 0.4) is 0 Å². The first kappa shape index (κ1) is 11.0. The van der Waals surface area contributed by atoms with Gasteiger partial charge in [0.1, 0.15) is 0 Å². The molecule has 0 unspecified atom stereocenters. The highest BCUT2D eigenvalue weighted by Crippen LogP contribution is 1.92. The molecule has 4 nitrogen and oxygen atoms in total. The van der Waals surface area contributed by atoms with Crippen molar-refractivity contribution in [2.75, 3.05) is 0 Å². The van der Waals surface area contributed by atoms with Crippen LogP contribution in [0.5, 0.6) is 0 Å². The van der Waals surface area contributed by atoms with Crippen LogP contribution in [-0.4, -0.2) is 16.5 Å². The van der Waals surface area contributed by atoms with Crippen LogP contribution in [0, 0.1) is 0 Å². The highest BCUT2D eigenvalue weighted by atomic mass is 32.1. The number of thiazole rings is 1. The minimum Gasteiger partial charge on any atom is -0.354 e. The molecular formula is C9H14N2O2S. The summed E-state index contributed by atoms with van der Waals surface area (Å²) in [5.74, 6) is -0.0156. The molecule has 0 radical (unpaired) electrons. The SMILES string of the molecule is CC(C)NC(=O)CCn1ccsc1=O. The van der Waals surface area contributed by atoms with Gasteiger partial charge in [0.25, 0.3) is 0 Å². The third kappa shape index (κ3) is 3.33. The van der Waals surface area contributed by atoms with Gasteiger partial charge in [-0.25, -0.2) is 0 Å². The molecule has 0 saturated heterocycles. The molecule has 1 amide bonds. The number of aryl methyl sites for hydroxylation is 1. The van der Waals surface area contributed by atoms with Crippen molar-refractivity contribution in [2.24, 2.45) is 0 Å². The molecule has 1 rings (SSSR count). The topological polar surface area (TPSA) is 51.1 Å². The zero-order chi connectivity index (χ0) is 10.6. The summed E-state index contributed by atoms with van der Waals surface area (Å²) in [5, 5.41) is 4.50. The van der Waals surface area contributed by atoms with E-state index < -0.39 is 0 Å². The molecule has 1 aromatic rings. The molecule has 0 aliphatic carbocycles. The Labute approximate surface area is 86.6 Å². The van der Waals surface area contributed by atoms with Crippen LogP contribution in [0.25, 0.3) is 0 Å². The third-order valence-electron chi connectivity index (χ3n) is 1.67. The standard InChI is InChI=1S/C9H14N2O2S/c1-7(2)10-8(12)3-4-11-5-6-14-9(11)13/h5-7H,3-4H2,1-2H3,(H,10,12). The number of carbonyl (C=O) groups is 1. The van der Waals surface area contributed by atoms with Gasteiger partial charge in [-0.15, -0.1) is 0 Å². The lowest BCUT2D eigenvalue weighted by Gasteiger charge is -2.07. The molecule has 1 N–H and O–H groups in total. The van der Waals surface area contributed by atoms with E-state index in [0.717, 1.165) is 11.3 Å². The van der Waals surface area contributed by atoms with Crippen LogP contribution in [0.1, 0.15) is 20.3 Å². The predicted molar refractivity (Wildman–Crippen MR) is 56.5 cm³/mol. The molecule has 0 bridgehead atoms. The molecule has 1 aromatic heterocycles. The van der Waals surface area contributed by atoms with E-state index in [0.29, 0.717) is 13.0 Å². The van der Waals surface area contributed by atoms with E-state index in [1.165, 1.54) is 0 Å². The van der Waals surface area contributed by atoms with E-state index in [-0.39, 0.29) is 16.8 Å². The number of aromatic nitrogens is 1. The number of nitrogens with zero attached hydrogens (tertiary/aromatic N) is 1. The maximum atomic E-state index is 11.2. The first-order valence-electron chi connectivity index (χ1n) is 4.53. The Morgan fingerprint density at radius 2 is 2.36 bits per heavy atom. The van der Waals surface area contributed by atoms with Crippen LogP contribution >= 0.6 is 11.3 Å². The number of carbonyl (C=O) groups excluding carboxylic acids is 1. The molecule has 78 valence electrons. The fraction of sp³-hybridized carbons (Fsp3) is 0.556. The Bertz CT molecular complexity index is 354. The van der Waals surface area contributed by atoms with Crippen molar-refractivity contribution in [1.29, 1.82) is 0 Å². The van der Waals surface area contributed by atoms with Crippen LogP contribution in [0.4, 0.5) is 0 Å². The Hall–Kier alpha value is -1.10. The highest BCUT2D eigenvalue weighted by Gasteiger charge is 2.04. The van der Waals surface area contributed by atoms with E-state index in [1.807, 2.05) is 13.8 Å². The van der Waals surface area contributed by atoms with E-state index in [2.05, 4.69) is 5.32 Å². The highest BCUT2D eigenvalue weighted by molar-refractivity contribution is 7.07. The smallest absolute Gasteiger partial charge is 0.307 e. The third-order valence-corrected chi connectivity index (χ3v) is 2.37. The number of rotatable bonds is 4. The first-order chi connectivity index (χ1) is 6.59. The monoisotopic (exact) mass is 214 g/mol. The molecule has 5 heteroatoms. The minimum atomic E-state index is -0.0156. The van der Waals surface area contributed by atoms with Crippen molar-refractivity contribution in [3.05, 3.63) is 21.2 Å². The molecule has 0 aliphatic heterocycles. The van der Waals surface area contributed by atoms with E-state index in [4.69, 9.17) is 0 Å². The zero-order valence-electron chi connectivity index (χ0n) is 8.32. The summed E-state index contributed by atoms with van der Waals surface area (Å²) < 4.78 is 1.55.